The van der Waals surface area contributed by atoms with Crippen molar-refractivity contribution in [2.45, 2.75) is 26.8 Å². The first kappa shape index (κ1) is 19.6. The lowest BCUT2D eigenvalue weighted by molar-refractivity contribution is 0.319. The summed E-state index contributed by atoms with van der Waals surface area (Å²) in [5.41, 5.74) is 0. The van der Waals surface area contributed by atoms with Gasteiger partial charge in [-0.3, -0.25) is 4.99 Å². The molecule has 0 aliphatic heterocycles. The number of methoxy groups -OCH3 is 1. The maximum atomic E-state index is 5.72. The maximum Gasteiger partial charge on any atom is 0.191 e. The molecular weight excluding hydrogens is 332 g/mol. The highest BCUT2D eigenvalue weighted by atomic mass is 16.5. The highest BCUT2D eigenvalue weighted by Gasteiger charge is 2.02. The van der Waals surface area contributed by atoms with E-state index in [1.807, 2.05) is 35.8 Å². The van der Waals surface area contributed by atoms with Crippen molar-refractivity contribution in [2.24, 2.45) is 4.99 Å². The quantitative estimate of drug-likeness (QED) is 0.379. The first-order valence-electron chi connectivity index (χ1n) is 8.92. The molecule has 2 N–H and O–H groups in total. The third kappa shape index (κ3) is 6.27. The van der Waals surface area contributed by atoms with Crippen molar-refractivity contribution in [1.82, 2.24) is 25.4 Å². The zero-order chi connectivity index (χ0) is 18.6. The van der Waals surface area contributed by atoms with Crippen molar-refractivity contribution in [3.05, 3.63) is 36.4 Å². The molecule has 0 bridgehead atoms. The molecule has 0 saturated carbocycles. The fourth-order valence-electron chi connectivity index (χ4n) is 2.38. The molecule has 142 valence electrons. The third-order valence-electron chi connectivity index (χ3n) is 3.67. The number of hydrogen-bond acceptors (Lipinski definition) is 5. The number of nitrogens with one attached hydrogen (secondary N) is 2. The molecule has 2 aromatic rings. The molecule has 1 aromatic heterocycles. The Hall–Kier alpha value is -2.77. The molecule has 2 rings (SSSR count). The normalized spacial score (nSPS) is 11.3. The van der Waals surface area contributed by atoms with E-state index in [9.17, 15) is 0 Å². The van der Waals surface area contributed by atoms with Crippen LogP contribution in [0.5, 0.6) is 11.5 Å². The summed E-state index contributed by atoms with van der Waals surface area (Å²) in [5.74, 6) is 3.32. The molecule has 1 aromatic carbocycles. The molecule has 0 atom stereocenters. The molecule has 8 nitrogen and oxygen atoms in total. The van der Waals surface area contributed by atoms with Crippen LogP contribution >= 0.6 is 0 Å². The molecule has 26 heavy (non-hydrogen) atoms. The lowest BCUT2D eigenvalue weighted by atomic mass is 10.3. The number of aliphatic imine (C=N–C) groups is 1. The van der Waals surface area contributed by atoms with Crippen molar-refractivity contribution in [3.8, 4) is 11.5 Å². The monoisotopic (exact) mass is 360 g/mol. The first-order valence-corrected chi connectivity index (χ1v) is 8.92. The van der Waals surface area contributed by atoms with Crippen LogP contribution in [0.25, 0.3) is 0 Å². The second-order valence-electron chi connectivity index (χ2n) is 5.51. The van der Waals surface area contributed by atoms with E-state index < -0.39 is 0 Å². The fraction of sp³-hybridized carbons (Fsp3) is 0.500. The van der Waals surface area contributed by atoms with E-state index in [2.05, 4.69) is 32.7 Å². The van der Waals surface area contributed by atoms with Gasteiger partial charge in [0, 0.05) is 25.6 Å². The van der Waals surface area contributed by atoms with E-state index in [1.54, 1.807) is 13.4 Å². The van der Waals surface area contributed by atoms with Crippen LogP contribution in [0.1, 0.15) is 19.7 Å². The van der Waals surface area contributed by atoms with E-state index in [0.29, 0.717) is 19.7 Å². The summed E-state index contributed by atoms with van der Waals surface area (Å²) in [4.78, 5) is 4.58. The van der Waals surface area contributed by atoms with Crippen molar-refractivity contribution >= 4 is 5.96 Å². The third-order valence-corrected chi connectivity index (χ3v) is 3.67. The van der Waals surface area contributed by atoms with Gasteiger partial charge in [-0.2, -0.15) is 0 Å². The number of aromatic nitrogens is 3. The Bertz CT molecular complexity index is 686. The largest absolute Gasteiger partial charge is 0.497 e. The fourth-order valence-corrected chi connectivity index (χ4v) is 2.38. The highest BCUT2D eigenvalue weighted by Crippen LogP contribution is 2.18. The van der Waals surface area contributed by atoms with Crippen molar-refractivity contribution in [2.75, 3.05) is 33.4 Å². The van der Waals surface area contributed by atoms with Crippen LogP contribution in [0.15, 0.2) is 35.6 Å². The lowest BCUT2D eigenvalue weighted by Crippen LogP contribution is -2.39. The van der Waals surface area contributed by atoms with Gasteiger partial charge in [0.15, 0.2) is 5.96 Å². The summed E-state index contributed by atoms with van der Waals surface area (Å²) in [6.45, 7) is 7.50. The molecular formula is C18H28N6O2. The van der Waals surface area contributed by atoms with Crippen LogP contribution in [-0.2, 0) is 13.0 Å². The van der Waals surface area contributed by atoms with Crippen LogP contribution in [0.4, 0.5) is 0 Å². The van der Waals surface area contributed by atoms with E-state index in [-0.39, 0.29) is 0 Å². The second kappa shape index (κ2) is 11.0. The number of nitrogens with zero attached hydrogens (tertiary/aromatic N) is 4. The Labute approximate surface area is 154 Å². The van der Waals surface area contributed by atoms with Crippen LogP contribution in [0.3, 0.4) is 0 Å². The first-order chi connectivity index (χ1) is 12.8. The minimum Gasteiger partial charge on any atom is -0.497 e. The van der Waals surface area contributed by atoms with E-state index >= 15 is 0 Å². The molecule has 0 amide bonds. The average molecular weight is 360 g/mol. The van der Waals surface area contributed by atoms with E-state index in [4.69, 9.17) is 9.47 Å². The van der Waals surface area contributed by atoms with Crippen molar-refractivity contribution in [1.29, 1.82) is 0 Å². The molecule has 0 spiro atoms. The Morgan fingerprint density at radius 2 is 2.08 bits per heavy atom. The summed E-state index contributed by atoms with van der Waals surface area (Å²) in [7, 11) is 1.64. The zero-order valence-electron chi connectivity index (χ0n) is 15.7. The van der Waals surface area contributed by atoms with Gasteiger partial charge in [0.05, 0.1) is 20.2 Å². The summed E-state index contributed by atoms with van der Waals surface area (Å²) >= 11 is 0. The Morgan fingerprint density at radius 1 is 1.23 bits per heavy atom. The summed E-state index contributed by atoms with van der Waals surface area (Å²) in [6.07, 6.45) is 2.61. The molecule has 0 radical (unpaired) electrons. The number of hydrogen-bond donors (Lipinski definition) is 2. The summed E-state index contributed by atoms with van der Waals surface area (Å²) in [5, 5.41) is 14.5. The average Bonchev–Trinajstić information content (AvgIpc) is 3.13. The standard InChI is InChI=1S/C18H28N6O2/c1-4-17-23-22-14-24(17)11-9-20-18(19-5-2)21-10-12-26-16-8-6-7-15(13-16)25-3/h6-8,13-14H,4-5,9-12H2,1-3H3,(H2,19,20,21). The summed E-state index contributed by atoms with van der Waals surface area (Å²) < 4.78 is 12.9. The topological polar surface area (TPSA) is 85.6 Å². The van der Waals surface area contributed by atoms with Crippen LogP contribution in [0, 0.1) is 0 Å². The molecule has 0 aliphatic rings. The predicted octanol–water partition coefficient (Wildman–Crippen LogP) is 1.48. The van der Waals surface area contributed by atoms with Gasteiger partial charge in [-0.05, 0) is 19.1 Å². The van der Waals surface area contributed by atoms with Gasteiger partial charge < -0.3 is 24.7 Å². The molecule has 0 unspecified atom stereocenters. The van der Waals surface area contributed by atoms with Gasteiger partial charge >= 0.3 is 0 Å². The number of rotatable bonds is 10. The van der Waals surface area contributed by atoms with Crippen LogP contribution in [-0.4, -0.2) is 54.1 Å². The van der Waals surface area contributed by atoms with Gasteiger partial charge in [-0.15, -0.1) is 10.2 Å². The number of benzene rings is 1. The molecule has 0 fully saturated rings. The predicted molar refractivity (Wildman–Crippen MR) is 102 cm³/mol. The minimum absolute atomic E-state index is 0.531. The van der Waals surface area contributed by atoms with E-state index in [1.165, 1.54) is 0 Å². The van der Waals surface area contributed by atoms with Gasteiger partial charge in [-0.1, -0.05) is 13.0 Å². The second-order valence-corrected chi connectivity index (χ2v) is 5.51. The number of guanidine groups is 1. The minimum atomic E-state index is 0.531. The van der Waals surface area contributed by atoms with Crippen molar-refractivity contribution < 1.29 is 9.47 Å². The Kier molecular flexibility index (Phi) is 8.25. The Morgan fingerprint density at radius 3 is 2.85 bits per heavy atom. The molecule has 0 saturated heterocycles. The number of aryl methyl sites for hydroxylation is 1. The van der Waals surface area contributed by atoms with Gasteiger partial charge in [0.25, 0.3) is 0 Å². The van der Waals surface area contributed by atoms with Crippen LogP contribution < -0.4 is 20.1 Å². The van der Waals surface area contributed by atoms with Crippen molar-refractivity contribution in [3.63, 3.8) is 0 Å². The molecule has 1 heterocycles. The molecule has 8 heteroatoms. The number of ether oxygens (including phenoxy) is 2. The van der Waals surface area contributed by atoms with E-state index in [0.717, 1.165) is 42.8 Å². The lowest BCUT2D eigenvalue weighted by Gasteiger charge is -2.12. The highest BCUT2D eigenvalue weighted by molar-refractivity contribution is 5.79. The van der Waals surface area contributed by atoms with Gasteiger partial charge in [0.2, 0.25) is 0 Å². The maximum absolute atomic E-state index is 5.72. The van der Waals surface area contributed by atoms with Crippen LogP contribution in [0.2, 0.25) is 0 Å². The summed E-state index contributed by atoms with van der Waals surface area (Å²) in [6, 6.07) is 7.57. The van der Waals surface area contributed by atoms with Gasteiger partial charge in [0.1, 0.15) is 30.3 Å². The van der Waals surface area contributed by atoms with Gasteiger partial charge in [-0.25, -0.2) is 0 Å². The zero-order valence-corrected chi connectivity index (χ0v) is 15.7. The smallest absolute Gasteiger partial charge is 0.191 e. The molecule has 0 aliphatic carbocycles. The Balaban J connectivity index is 1.76. The SMILES string of the molecule is CCNC(=NCCn1cnnc1CC)NCCOc1cccc(OC)c1.